The molecule has 6 heteroatoms. The topological polar surface area (TPSA) is 39.0 Å². The largest absolute Gasteiger partial charge is 0.486 e. The van der Waals surface area contributed by atoms with Crippen LogP contribution in [0.1, 0.15) is 19.3 Å². The maximum atomic E-state index is 12.6. The second kappa shape index (κ2) is 7.34. The molecule has 0 atom stereocenters. The van der Waals surface area contributed by atoms with Crippen molar-refractivity contribution in [1.82, 2.24) is 9.38 Å². The zero-order chi connectivity index (χ0) is 18.9. The van der Waals surface area contributed by atoms with Gasteiger partial charge in [-0.1, -0.05) is 0 Å². The van der Waals surface area contributed by atoms with Crippen LogP contribution in [0, 0.1) is 5.92 Å². The molecule has 2 aromatic heterocycles. The van der Waals surface area contributed by atoms with Gasteiger partial charge < -0.3 is 18.8 Å². The van der Waals surface area contributed by atoms with Gasteiger partial charge in [0.1, 0.15) is 18.9 Å². The number of imidazole rings is 1. The van der Waals surface area contributed by atoms with Crippen molar-refractivity contribution in [3.05, 3.63) is 42.7 Å². The first-order chi connectivity index (χ1) is 13.8. The lowest BCUT2D eigenvalue weighted by Gasteiger charge is -2.33. The molecule has 3 aromatic rings. The third-order valence-electron chi connectivity index (χ3n) is 5.78. The molecule has 28 heavy (non-hydrogen) atoms. The van der Waals surface area contributed by atoms with Crippen LogP contribution in [0.15, 0.2) is 42.7 Å². The van der Waals surface area contributed by atoms with Crippen LogP contribution >= 0.6 is 0 Å². The number of benzene rings is 1. The van der Waals surface area contributed by atoms with Crippen LogP contribution in [-0.4, -0.2) is 42.4 Å². The molecule has 5 rings (SSSR count). The summed E-state index contributed by atoms with van der Waals surface area (Å²) >= 11 is 0. The number of alkyl halides is 1. The molecule has 0 amide bonds. The van der Waals surface area contributed by atoms with Crippen molar-refractivity contribution in [2.45, 2.75) is 19.3 Å². The number of ether oxygens (including phenoxy) is 2. The van der Waals surface area contributed by atoms with E-state index in [2.05, 4.69) is 23.2 Å². The van der Waals surface area contributed by atoms with Crippen molar-refractivity contribution in [2.75, 3.05) is 37.9 Å². The minimum atomic E-state index is -0.201. The molecule has 1 aromatic carbocycles. The number of halogens is 1. The number of rotatable bonds is 4. The summed E-state index contributed by atoms with van der Waals surface area (Å²) in [6, 6.07) is 10.2. The first kappa shape index (κ1) is 17.3. The molecule has 1 saturated heterocycles. The molecular formula is C22H24FN3O2. The fourth-order valence-corrected chi connectivity index (χ4v) is 4.14. The molecule has 2 aliphatic rings. The van der Waals surface area contributed by atoms with Crippen LogP contribution < -0.4 is 14.4 Å². The third-order valence-corrected chi connectivity index (χ3v) is 5.78. The van der Waals surface area contributed by atoms with Crippen LogP contribution in [-0.2, 0) is 0 Å². The smallest absolute Gasteiger partial charge is 0.162 e. The fourth-order valence-electron chi connectivity index (χ4n) is 4.14. The average Bonchev–Trinajstić information content (AvgIpc) is 3.17. The fraction of sp³-hybridized carbons (Fsp3) is 0.409. The van der Waals surface area contributed by atoms with Gasteiger partial charge in [0.2, 0.25) is 0 Å². The van der Waals surface area contributed by atoms with E-state index in [1.807, 2.05) is 28.8 Å². The van der Waals surface area contributed by atoms with E-state index in [0.29, 0.717) is 25.6 Å². The second-order valence-corrected chi connectivity index (χ2v) is 7.54. The molecule has 0 aliphatic carbocycles. The van der Waals surface area contributed by atoms with Gasteiger partial charge in [-0.3, -0.25) is 4.39 Å². The molecule has 0 unspecified atom stereocenters. The highest BCUT2D eigenvalue weighted by Gasteiger charge is 2.20. The summed E-state index contributed by atoms with van der Waals surface area (Å²) in [5, 5.41) is 0. The van der Waals surface area contributed by atoms with Gasteiger partial charge >= 0.3 is 0 Å². The van der Waals surface area contributed by atoms with E-state index in [0.717, 1.165) is 54.3 Å². The number of fused-ring (bicyclic) bond motifs is 2. The molecule has 0 bridgehead atoms. The zero-order valence-corrected chi connectivity index (χ0v) is 15.8. The number of hydrogen-bond donors (Lipinski definition) is 0. The number of hydrogen-bond acceptors (Lipinski definition) is 4. The first-order valence-corrected chi connectivity index (χ1v) is 10.00. The second-order valence-electron chi connectivity index (χ2n) is 7.54. The normalized spacial score (nSPS) is 17.2. The van der Waals surface area contributed by atoms with Gasteiger partial charge in [-0.2, -0.15) is 0 Å². The molecule has 2 aliphatic heterocycles. The van der Waals surface area contributed by atoms with Gasteiger partial charge in [0.15, 0.2) is 11.5 Å². The Labute approximate surface area is 163 Å². The van der Waals surface area contributed by atoms with Crippen LogP contribution in [0.2, 0.25) is 0 Å². The lowest BCUT2D eigenvalue weighted by molar-refractivity contribution is 0.171. The van der Waals surface area contributed by atoms with E-state index in [9.17, 15) is 4.39 Å². The molecule has 0 spiro atoms. The Kier molecular flexibility index (Phi) is 4.55. The summed E-state index contributed by atoms with van der Waals surface area (Å²) in [5.41, 5.74) is 4.04. The zero-order valence-electron chi connectivity index (χ0n) is 15.8. The molecule has 146 valence electrons. The standard InChI is InChI=1S/C22H24FN3O2/c23-7-3-16-4-8-25(9-5-16)18-6-10-26-15-19(24-22(26)14-18)17-1-2-20-21(13-17)28-12-11-27-20/h1-2,6,10,13-16H,3-5,7-9,11-12H2. The highest BCUT2D eigenvalue weighted by Crippen LogP contribution is 2.34. The van der Waals surface area contributed by atoms with Crippen molar-refractivity contribution >= 4 is 11.3 Å². The van der Waals surface area contributed by atoms with E-state index in [1.54, 1.807) is 0 Å². The molecular weight excluding hydrogens is 357 g/mol. The number of anilines is 1. The van der Waals surface area contributed by atoms with Crippen molar-refractivity contribution in [2.24, 2.45) is 5.92 Å². The molecule has 0 radical (unpaired) electrons. The van der Waals surface area contributed by atoms with Crippen LogP contribution in [0.3, 0.4) is 0 Å². The summed E-state index contributed by atoms with van der Waals surface area (Å²) in [5.74, 6) is 2.09. The van der Waals surface area contributed by atoms with E-state index in [4.69, 9.17) is 14.5 Å². The van der Waals surface area contributed by atoms with Crippen LogP contribution in [0.4, 0.5) is 10.1 Å². The Bertz CT molecular complexity index is 979. The minimum Gasteiger partial charge on any atom is -0.486 e. The van der Waals surface area contributed by atoms with Crippen LogP contribution in [0.25, 0.3) is 16.9 Å². The Balaban J connectivity index is 1.38. The Morgan fingerprint density at radius 1 is 1.04 bits per heavy atom. The average molecular weight is 381 g/mol. The molecule has 0 N–H and O–H groups in total. The Morgan fingerprint density at radius 3 is 2.68 bits per heavy atom. The highest BCUT2D eigenvalue weighted by molar-refractivity contribution is 5.68. The molecule has 0 saturated carbocycles. The van der Waals surface area contributed by atoms with Crippen molar-refractivity contribution in [3.8, 4) is 22.8 Å². The van der Waals surface area contributed by atoms with Gasteiger partial charge in [0.25, 0.3) is 0 Å². The third kappa shape index (κ3) is 3.28. The Morgan fingerprint density at radius 2 is 1.86 bits per heavy atom. The van der Waals surface area contributed by atoms with E-state index in [1.165, 1.54) is 5.69 Å². The van der Waals surface area contributed by atoms with Gasteiger partial charge in [-0.25, -0.2) is 4.98 Å². The SMILES string of the molecule is FCCC1CCN(c2ccn3cc(-c4ccc5c(c4)OCCO5)nc3c2)CC1. The van der Waals surface area contributed by atoms with Crippen molar-refractivity contribution < 1.29 is 13.9 Å². The molecule has 5 nitrogen and oxygen atoms in total. The van der Waals surface area contributed by atoms with Gasteiger partial charge in [0, 0.05) is 42.8 Å². The predicted octanol–water partition coefficient (Wildman–Crippen LogP) is 4.35. The van der Waals surface area contributed by atoms with Gasteiger partial charge in [-0.05, 0) is 49.4 Å². The van der Waals surface area contributed by atoms with Crippen molar-refractivity contribution in [1.29, 1.82) is 0 Å². The number of pyridine rings is 1. The lowest BCUT2D eigenvalue weighted by atomic mass is 9.94. The van der Waals surface area contributed by atoms with Crippen molar-refractivity contribution in [3.63, 3.8) is 0 Å². The number of aromatic nitrogens is 2. The number of nitrogens with zero attached hydrogens (tertiary/aromatic N) is 3. The predicted molar refractivity (Wildman–Crippen MR) is 107 cm³/mol. The number of piperidine rings is 1. The first-order valence-electron chi connectivity index (χ1n) is 10.00. The van der Waals surface area contributed by atoms with E-state index < -0.39 is 0 Å². The monoisotopic (exact) mass is 381 g/mol. The minimum absolute atomic E-state index is 0.201. The van der Waals surface area contributed by atoms with Crippen LogP contribution in [0.5, 0.6) is 11.5 Å². The summed E-state index contributed by atoms with van der Waals surface area (Å²) < 4.78 is 25.9. The Hall–Kier alpha value is -2.76. The quantitative estimate of drug-likeness (QED) is 0.674. The summed E-state index contributed by atoms with van der Waals surface area (Å²) in [7, 11) is 0. The van der Waals surface area contributed by atoms with E-state index in [-0.39, 0.29) is 6.67 Å². The molecule has 4 heterocycles. The van der Waals surface area contributed by atoms with E-state index >= 15 is 0 Å². The maximum Gasteiger partial charge on any atom is 0.162 e. The maximum absolute atomic E-state index is 12.6. The molecule has 1 fully saturated rings. The highest BCUT2D eigenvalue weighted by atomic mass is 19.1. The van der Waals surface area contributed by atoms with Gasteiger partial charge in [-0.15, -0.1) is 0 Å². The summed E-state index contributed by atoms with van der Waals surface area (Å²) in [4.78, 5) is 7.20. The summed E-state index contributed by atoms with van der Waals surface area (Å²) in [6.45, 7) is 2.93. The lowest BCUT2D eigenvalue weighted by Crippen LogP contribution is -2.33. The summed E-state index contributed by atoms with van der Waals surface area (Å²) in [6.07, 6.45) is 6.93. The van der Waals surface area contributed by atoms with Gasteiger partial charge in [0.05, 0.1) is 12.4 Å².